The molecule has 20 heavy (non-hydrogen) atoms. The molecule has 0 saturated carbocycles. The third-order valence-corrected chi connectivity index (χ3v) is 5.96. The van der Waals surface area contributed by atoms with Crippen molar-refractivity contribution < 1.29 is 14.3 Å². The van der Waals surface area contributed by atoms with Crippen molar-refractivity contribution in [3.8, 4) is 11.5 Å². The maximum Gasteiger partial charge on any atom is 0.169 e. The second kappa shape index (κ2) is 5.68. The number of ketones is 1. The van der Waals surface area contributed by atoms with E-state index in [1.807, 2.05) is 12.1 Å². The lowest BCUT2D eigenvalue weighted by atomic mass is 9.90. The Morgan fingerprint density at radius 1 is 1.15 bits per heavy atom. The van der Waals surface area contributed by atoms with Crippen LogP contribution in [0.2, 0.25) is 0 Å². The number of hydrogen-bond acceptors (Lipinski definition) is 4. The summed E-state index contributed by atoms with van der Waals surface area (Å²) < 4.78 is 10.5. The highest BCUT2D eigenvalue weighted by Crippen LogP contribution is 2.47. The molecule has 0 N–H and O–H groups in total. The van der Waals surface area contributed by atoms with Crippen LogP contribution in [0.5, 0.6) is 11.5 Å². The highest BCUT2D eigenvalue weighted by atomic mass is 32.2. The lowest BCUT2D eigenvalue weighted by Crippen LogP contribution is -2.25. The molecule has 0 amide bonds. The van der Waals surface area contributed by atoms with Crippen molar-refractivity contribution in [2.75, 3.05) is 14.2 Å². The summed E-state index contributed by atoms with van der Waals surface area (Å²) in [6, 6.07) is 5.46. The summed E-state index contributed by atoms with van der Waals surface area (Å²) in [6.45, 7) is 0. The number of carbonyl (C=O) groups excluding carboxylic acids is 1. The molecule has 4 heteroatoms. The largest absolute Gasteiger partial charge is 0.497 e. The van der Waals surface area contributed by atoms with Gasteiger partial charge < -0.3 is 9.47 Å². The Morgan fingerprint density at radius 2 is 1.85 bits per heavy atom. The molecule has 0 aliphatic carbocycles. The van der Waals surface area contributed by atoms with Gasteiger partial charge in [-0.2, -0.15) is 11.8 Å². The van der Waals surface area contributed by atoms with E-state index in [0.29, 0.717) is 21.8 Å². The average molecular weight is 292 g/mol. The highest BCUT2D eigenvalue weighted by Gasteiger charge is 2.38. The zero-order valence-corrected chi connectivity index (χ0v) is 12.7. The van der Waals surface area contributed by atoms with Gasteiger partial charge in [0, 0.05) is 22.5 Å². The summed E-state index contributed by atoms with van der Waals surface area (Å²) in [5.74, 6) is 1.75. The lowest BCUT2D eigenvalue weighted by Gasteiger charge is -2.26. The predicted molar refractivity (Wildman–Crippen MR) is 81.0 cm³/mol. The molecule has 2 bridgehead atoms. The molecule has 2 aliphatic rings. The molecular formula is C16H20O3S. The molecule has 1 aromatic rings. The molecule has 0 radical (unpaired) electrons. The number of rotatable bonds is 4. The molecule has 0 aromatic heterocycles. The molecule has 0 spiro atoms. The monoisotopic (exact) mass is 292 g/mol. The SMILES string of the molecule is COc1ccc(C(=O)C2CC3CCC(C2)S3)c(OC)c1. The van der Waals surface area contributed by atoms with Crippen LogP contribution in [-0.2, 0) is 0 Å². The number of fused-ring (bicyclic) bond motifs is 2. The van der Waals surface area contributed by atoms with E-state index in [0.717, 1.165) is 18.6 Å². The molecule has 2 heterocycles. The Morgan fingerprint density at radius 3 is 2.45 bits per heavy atom. The van der Waals surface area contributed by atoms with Gasteiger partial charge in [-0.3, -0.25) is 4.79 Å². The second-order valence-corrected chi connectivity index (χ2v) is 7.16. The van der Waals surface area contributed by atoms with Gasteiger partial charge in [0.2, 0.25) is 0 Å². The van der Waals surface area contributed by atoms with E-state index in [4.69, 9.17) is 9.47 Å². The van der Waals surface area contributed by atoms with Crippen LogP contribution >= 0.6 is 11.8 Å². The third kappa shape index (κ3) is 2.53. The normalized spacial score (nSPS) is 28.2. The van der Waals surface area contributed by atoms with E-state index in [2.05, 4.69) is 11.8 Å². The number of hydrogen-bond donors (Lipinski definition) is 0. The molecule has 3 rings (SSSR count). The van der Waals surface area contributed by atoms with Gasteiger partial charge in [0.15, 0.2) is 5.78 Å². The Labute approximate surface area is 124 Å². The number of thioether (sulfide) groups is 1. The van der Waals surface area contributed by atoms with E-state index in [-0.39, 0.29) is 11.7 Å². The molecule has 3 nitrogen and oxygen atoms in total. The smallest absolute Gasteiger partial charge is 0.169 e. The first-order valence-corrected chi connectivity index (χ1v) is 8.07. The van der Waals surface area contributed by atoms with Crippen molar-refractivity contribution in [2.45, 2.75) is 36.2 Å². The van der Waals surface area contributed by atoms with Gasteiger partial charge >= 0.3 is 0 Å². The minimum atomic E-state index is 0.163. The lowest BCUT2D eigenvalue weighted by molar-refractivity contribution is 0.0903. The number of carbonyl (C=O) groups is 1. The second-order valence-electron chi connectivity index (χ2n) is 5.56. The zero-order chi connectivity index (χ0) is 14.1. The van der Waals surface area contributed by atoms with Crippen LogP contribution in [0.25, 0.3) is 0 Å². The summed E-state index contributed by atoms with van der Waals surface area (Å²) in [5.41, 5.74) is 0.699. The van der Waals surface area contributed by atoms with Gasteiger partial charge in [-0.25, -0.2) is 0 Å². The van der Waals surface area contributed by atoms with E-state index in [1.165, 1.54) is 12.8 Å². The molecule has 2 atom stereocenters. The van der Waals surface area contributed by atoms with Gasteiger partial charge in [0.05, 0.1) is 19.8 Å². The van der Waals surface area contributed by atoms with Gasteiger partial charge in [-0.15, -0.1) is 0 Å². The van der Waals surface area contributed by atoms with Crippen LogP contribution in [0.3, 0.4) is 0 Å². The molecule has 2 unspecified atom stereocenters. The first-order valence-electron chi connectivity index (χ1n) is 7.13. The summed E-state index contributed by atoms with van der Waals surface area (Å²) in [7, 11) is 3.22. The topological polar surface area (TPSA) is 35.5 Å². The summed E-state index contributed by atoms with van der Waals surface area (Å²) in [5, 5.41) is 1.37. The van der Waals surface area contributed by atoms with Crippen molar-refractivity contribution >= 4 is 17.5 Å². The van der Waals surface area contributed by atoms with Crippen molar-refractivity contribution in [2.24, 2.45) is 5.92 Å². The van der Waals surface area contributed by atoms with Crippen molar-refractivity contribution in [1.82, 2.24) is 0 Å². The Bertz CT molecular complexity index is 502. The van der Waals surface area contributed by atoms with Crippen molar-refractivity contribution in [1.29, 1.82) is 0 Å². The van der Waals surface area contributed by atoms with Crippen LogP contribution in [0.15, 0.2) is 18.2 Å². The quantitative estimate of drug-likeness (QED) is 0.795. The first kappa shape index (κ1) is 13.8. The summed E-state index contributed by atoms with van der Waals surface area (Å²) >= 11 is 2.08. The average Bonchev–Trinajstić information content (AvgIpc) is 2.84. The molecule has 2 saturated heterocycles. The van der Waals surface area contributed by atoms with Gasteiger partial charge in [0.1, 0.15) is 11.5 Å². The Balaban J connectivity index is 1.83. The number of Topliss-reactive ketones (excluding diaryl/α,β-unsaturated/α-hetero) is 1. The molecule has 2 fully saturated rings. The van der Waals surface area contributed by atoms with Crippen molar-refractivity contribution in [3.05, 3.63) is 23.8 Å². The maximum atomic E-state index is 12.8. The number of ether oxygens (including phenoxy) is 2. The molecule has 2 aliphatic heterocycles. The van der Waals surface area contributed by atoms with Gasteiger partial charge in [-0.1, -0.05) is 0 Å². The predicted octanol–water partition coefficient (Wildman–Crippen LogP) is 3.56. The third-order valence-electron chi connectivity index (χ3n) is 4.34. The minimum Gasteiger partial charge on any atom is -0.497 e. The van der Waals surface area contributed by atoms with E-state index < -0.39 is 0 Å². The molecule has 1 aromatic carbocycles. The van der Waals surface area contributed by atoms with Crippen LogP contribution in [0, 0.1) is 5.92 Å². The fourth-order valence-corrected chi connectivity index (χ4v) is 5.07. The van der Waals surface area contributed by atoms with Crippen molar-refractivity contribution in [3.63, 3.8) is 0 Å². The van der Waals surface area contributed by atoms with E-state index in [1.54, 1.807) is 20.3 Å². The van der Waals surface area contributed by atoms with Gasteiger partial charge in [0.25, 0.3) is 0 Å². The number of benzene rings is 1. The van der Waals surface area contributed by atoms with E-state index in [9.17, 15) is 4.79 Å². The van der Waals surface area contributed by atoms with Crippen LogP contribution in [0.1, 0.15) is 36.0 Å². The fourth-order valence-electron chi connectivity index (χ4n) is 3.29. The van der Waals surface area contributed by atoms with E-state index >= 15 is 0 Å². The highest BCUT2D eigenvalue weighted by molar-refractivity contribution is 8.00. The Kier molecular flexibility index (Phi) is 3.92. The van der Waals surface area contributed by atoms with Crippen LogP contribution in [-0.4, -0.2) is 30.5 Å². The maximum absolute atomic E-state index is 12.8. The summed E-state index contributed by atoms with van der Waals surface area (Å²) in [6.07, 6.45) is 4.60. The van der Waals surface area contributed by atoms with Gasteiger partial charge in [-0.05, 0) is 37.8 Å². The standard InChI is InChI=1S/C16H20O3S/c1-18-11-3-6-14(15(9-11)19-2)16(17)10-7-12-4-5-13(8-10)20-12/h3,6,9-10,12-13H,4-5,7-8H2,1-2H3. The molecular weight excluding hydrogens is 272 g/mol. The van der Waals surface area contributed by atoms with Crippen LogP contribution < -0.4 is 9.47 Å². The Hall–Kier alpha value is -1.16. The fraction of sp³-hybridized carbons (Fsp3) is 0.562. The van der Waals surface area contributed by atoms with Crippen LogP contribution in [0.4, 0.5) is 0 Å². The number of methoxy groups -OCH3 is 2. The minimum absolute atomic E-state index is 0.163. The molecule has 108 valence electrons. The first-order chi connectivity index (χ1) is 9.71. The summed E-state index contributed by atoms with van der Waals surface area (Å²) in [4.78, 5) is 12.8. The zero-order valence-electron chi connectivity index (χ0n) is 11.9.